The maximum Gasteiger partial charge on any atom is 0.237 e. The zero-order valence-corrected chi connectivity index (χ0v) is 10.9. The monoisotopic (exact) mass is 240 g/mol. The van der Waals surface area contributed by atoms with Crippen LogP contribution in [0.3, 0.4) is 0 Å². The zero-order valence-electron chi connectivity index (χ0n) is 10.9. The fraction of sp³-hybridized carbons (Fsp3) is 0.923. The molecular formula is C13H24N2O2. The van der Waals surface area contributed by atoms with Crippen LogP contribution in [-0.4, -0.2) is 37.7 Å². The van der Waals surface area contributed by atoms with Crippen molar-refractivity contribution in [1.82, 2.24) is 10.6 Å². The van der Waals surface area contributed by atoms with Gasteiger partial charge in [0.15, 0.2) is 0 Å². The van der Waals surface area contributed by atoms with Crippen molar-refractivity contribution >= 4 is 5.91 Å². The Hall–Kier alpha value is -0.610. The van der Waals surface area contributed by atoms with Crippen LogP contribution in [0.4, 0.5) is 0 Å². The first kappa shape index (κ1) is 12.8. The van der Waals surface area contributed by atoms with Crippen LogP contribution in [0.15, 0.2) is 0 Å². The van der Waals surface area contributed by atoms with Crippen molar-refractivity contribution in [2.24, 2.45) is 11.8 Å². The minimum absolute atomic E-state index is 0.00564. The lowest BCUT2D eigenvalue weighted by molar-refractivity contribution is -0.126. The number of carbonyl (C=O) groups is 1. The summed E-state index contributed by atoms with van der Waals surface area (Å²) in [5, 5.41) is 6.58. The van der Waals surface area contributed by atoms with Crippen LogP contribution in [0.25, 0.3) is 0 Å². The van der Waals surface area contributed by atoms with Crippen LogP contribution >= 0.6 is 0 Å². The molecule has 2 fully saturated rings. The zero-order chi connectivity index (χ0) is 12.3. The molecule has 0 bridgehead atoms. The molecule has 0 aromatic rings. The van der Waals surface area contributed by atoms with Gasteiger partial charge in [-0.3, -0.25) is 4.79 Å². The van der Waals surface area contributed by atoms with E-state index in [4.69, 9.17) is 4.74 Å². The first-order valence-electron chi connectivity index (χ1n) is 6.78. The fourth-order valence-electron chi connectivity index (χ4n) is 2.76. The summed E-state index contributed by atoms with van der Waals surface area (Å²) in [6, 6.07) is 0.306. The molecule has 2 saturated heterocycles. The summed E-state index contributed by atoms with van der Waals surface area (Å²) in [7, 11) is 0. The van der Waals surface area contributed by atoms with Crippen molar-refractivity contribution in [2.75, 3.05) is 19.8 Å². The molecule has 17 heavy (non-hydrogen) atoms. The Morgan fingerprint density at radius 3 is 2.65 bits per heavy atom. The lowest BCUT2D eigenvalue weighted by Crippen LogP contribution is -2.61. The second-order valence-electron chi connectivity index (χ2n) is 5.66. The smallest absolute Gasteiger partial charge is 0.237 e. The van der Waals surface area contributed by atoms with Gasteiger partial charge in [-0.25, -0.2) is 0 Å². The Labute approximate surface area is 103 Å². The van der Waals surface area contributed by atoms with E-state index in [0.717, 1.165) is 39.0 Å². The van der Waals surface area contributed by atoms with E-state index < -0.39 is 0 Å². The quantitative estimate of drug-likeness (QED) is 0.771. The molecule has 4 heteroatoms. The lowest BCUT2D eigenvalue weighted by atomic mass is 9.89. The predicted octanol–water partition coefficient (Wildman–Crippen LogP) is 0.916. The first-order valence-corrected chi connectivity index (χ1v) is 6.78. The Bertz CT molecular complexity index is 262. The normalized spacial score (nSPS) is 31.6. The van der Waals surface area contributed by atoms with Crippen molar-refractivity contribution in [2.45, 2.75) is 45.2 Å². The summed E-state index contributed by atoms with van der Waals surface area (Å²) in [5.74, 6) is 1.32. The Morgan fingerprint density at radius 1 is 1.35 bits per heavy atom. The molecule has 2 unspecified atom stereocenters. The largest absolute Gasteiger partial charge is 0.381 e. The molecule has 1 amide bonds. The average Bonchev–Trinajstić information content (AvgIpc) is 2.32. The minimum Gasteiger partial charge on any atom is -0.381 e. The highest BCUT2D eigenvalue weighted by Crippen LogP contribution is 2.20. The van der Waals surface area contributed by atoms with Crippen molar-refractivity contribution in [3.05, 3.63) is 0 Å². The number of amides is 1. The lowest BCUT2D eigenvalue weighted by Gasteiger charge is -2.37. The number of piperazine rings is 1. The van der Waals surface area contributed by atoms with Gasteiger partial charge in [0.1, 0.15) is 0 Å². The van der Waals surface area contributed by atoms with Gasteiger partial charge in [-0.1, -0.05) is 13.8 Å². The van der Waals surface area contributed by atoms with E-state index in [1.165, 1.54) is 0 Å². The molecule has 2 heterocycles. The Morgan fingerprint density at radius 2 is 2.06 bits per heavy atom. The molecule has 2 aliphatic rings. The Balaban J connectivity index is 1.83. The molecular weight excluding hydrogens is 216 g/mol. The highest BCUT2D eigenvalue weighted by Gasteiger charge is 2.32. The molecule has 98 valence electrons. The molecule has 2 rings (SSSR count). The van der Waals surface area contributed by atoms with Crippen LogP contribution in [0, 0.1) is 11.8 Å². The van der Waals surface area contributed by atoms with E-state index in [2.05, 4.69) is 24.5 Å². The summed E-state index contributed by atoms with van der Waals surface area (Å²) in [6.07, 6.45) is 3.06. The van der Waals surface area contributed by atoms with Crippen LogP contribution in [0.5, 0.6) is 0 Å². The molecule has 2 N–H and O–H groups in total. The number of hydrogen-bond donors (Lipinski definition) is 2. The molecule has 2 aliphatic heterocycles. The number of carbonyl (C=O) groups excluding carboxylic acids is 1. The number of hydrogen-bond acceptors (Lipinski definition) is 3. The van der Waals surface area contributed by atoms with E-state index in [1.54, 1.807) is 0 Å². The summed E-state index contributed by atoms with van der Waals surface area (Å²) >= 11 is 0. The van der Waals surface area contributed by atoms with Gasteiger partial charge in [0.2, 0.25) is 5.91 Å². The van der Waals surface area contributed by atoms with Gasteiger partial charge >= 0.3 is 0 Å². The van der Waals surface area contributed by atoms with Crippen molar-refractivity contribution in [1.29, 1.82) is 0 Å². The molecule has 2 atom stereocenters. The van der Waals surface area contributed by atoms with Gasteiger partial charge in [0.05, 0.1) is 6.04 Å². The topological polar surface area (TPSA) is 50.4 Å². The predicted molar refractivity (Wildman–Crippen MR) is 66.7 cm³/mol. The number of ether oxygens (including phenoxy) is 1. The molecule has 0 spiro atoms. The Kier molecular flexibility index (Phi) is 4.40. The molecule has 0 aliphatic carbocycles. The van der Waals surface area contributed by atoms with Gasteiger partial charge in [-0.2, -0.15) is 0 Å². The average molecular weight is 240 g/mol. The standard InChI is InChI=1S/C13H24N2O2/c1-9(2)7-11-13(16)15-12(8-14-11)10-3-5-17-6-4-10/h9-12,14H,3-8H2,1-2H3,(H,15,16). The molecule has 4 nitrogen and oxygen atoms in total. The third-order valence-corrected chi connectivity index (χ3v) is 3.77. The van der Waals surface area contributed by atoms with Gasteiger partial charge in [0.25, 0.3) is 0 Å². The molecule has 0 radical (unpaired) electrons. The maximum absolute atomic E-state index is 12.0. The van der Waals surface area contributed by atoms with Crippen molar-refractivity contribution in [3.8, 4) is 0 Å². The van der Waals surface area contributed by atoms with Gasteiger partial charge in [-0.15, -0.1) is 0 Å². The number of rotatable bonds is 3. The maximum atomic E-state index is 12.0. The summed E-state index contributed by atoms with van der Waals surface area (Å²) in [4.78, 5) is 12.0. The first-order chi connectivity index (χ1) is 8.16. The van der Waals surface area contributed by atoms with Crippen LogP contribution < -0.4 is 10.6 Å². The van der Waals surface area contributed by atoms with Crippen molar-refractivity contribution in [3.63, 3.8) is 0 Å². The van der Waals surface area contributed by atoms with E-state index in [-0.39, 0.29) is 11.9 Å². The molecule has 0 saturated carbocycles. The molecule has 0 aromatic carbocycles. The van der Waals surface area contributed by atoms with Crippen molar-refractivity contribution < 1.29 is 9.53 Å². The van der Waals surface area contributed by atoms with E-state index in [1.807, 2.05) is 0 Å². The fourth-order valence-corrected chi connectivity index (χ4v) is 2.76. The third-order valence-electron chi connectivity index (χ3n) is 3.77. The van der Waals surface area contributed by atoms with Crippen LogP contribution in [-0.2, 0) is 9.53 Å². The van der Waals surface area contributed by atoms with Crippen LogP contribution in [0.2, 0.25) is 0 Å². The summed E-state index contributed by atoms with van der Waals surface area (Å²) in [5.41, 5.74) is 0. The van der Waals surface area contributed by atoms with E-state index >= 15 is 0 Å². The summed E-state index contributed by atoms with van der Waals surface area (Å²) < 4.78 is 5.36. The highest BCUT2D eigenvalue weighted by molar-refractivity contribution is 5.82. The van der Waals surface area contributed by atoms with Gasteiger partial charge in [0, 0.05) is 25.8 Å². The second kappa shape index (κ2) is 5.83. The van der Waals surface area contributed by atoms with E-state index in [9.17, 15) is 4.79 Å². The third kappa shape index (κ3) is 3.42. The van der Waals surface area contributed by atoms with Gasteiger partial charge in [-0.05, 0) is 31.1 Å². The second-order valence-corrected chi connectivity index (χ2v) is 5.66. The van der Waals surface area contributed by atoms with Crippen LogP contribution in [0.1, 0.15) is 33.1 Å². The molecule has 0 aromatic heterocycles. The highest BCUT2D eigenvalue weighted by atomic mass is 16.5. The number of nitrogens with one attached hydrogen (secondary N) is 2. The van der Waals surface area contributed by atoms with Gasteiger partial charge < -0.3 is 15.4 Å². The SMILES string of the molecule is CC(C)CC1NCC(C2CCOCC2)NC1=O. The van der Waals surface area contributed by atoms with E-state index in [0.29, 0.717) is 17.9 Å². The minimum atomic E-state index is 0.00564. The summed E-state index contributed by atoms with van der Waals surface area (Å²) in [6.45, 7) is 6.89.